The summed E-state index contributed by atoms with van der Waals surface area (Å²) in [5.74, 6) is -0.881. The number of carbonyl (C=O) groups is 4. The first-order chi connectivity index (χ1) is 53.3. The summed E-state index contributed by atoms with van der Waals surface area (Å²) in [6.45, 7) is 3.51. The molecule has 0 amide bonds. The number of para-hydroxylation sites is 3. The SMILES string of the molecule is CN(/N=C/c1cc[n+](CCCNc2cccc3c2C(=O)c2c(NCCC[n+]4ccc(/C=N/N(C)c5ccccc5)cc4)cccc2C3=O)cc1)c1ccccc1.CN(/N=C/c1ccncc1)c1ccccc1.CS(=O)(=O)OCCCNc1cccc2c1C(=O)c1c(NCCCOS(C)(=O)=O)cccc1C2=O.CS(=O)(=O)[O-]. The average Bonchev–Trinajstić information content (AvgIpc) is 0.751. The normalized spacial score (nSPS) is 12.2. The number of pyridine rings is 3. The number of aryl methyl sites for hydroxylation is 2. The number of ketones is 4. The van der Waals surface area contributed by atoms with Gasteiger partial charge in [0.1, 0.15) is 13.1 Å². The molecule has 0 saturated carbocycles. The molecule has 29 heteroatoms. The van der Waals surface area contributed by atoms with Gasteiger partial charge in [-0.1, -0.05) is 103 Å². The van der Waals surface area contributed by atoms with E-state index in [2.05, 4.69) is 50.7 Å². The minimum Gasteiger partial charge on any atom is -0.748 e. The third-order valence-electron chi connectivity index (χ3n) is 16.9. The van der Waals surface area contributed by atoms with Crippen LogP contribution in [0.5, 0.6) is 0 Å². The Morgan fingerprint density at radius 2 is 0.649 bits per heavy atom. The van der Waals surface area contributed by atoms with Gasteiger partial charge in [0.15, 0.2) is 47.9 Å². The summed E-state index contributed by atoms with van der Waals surface area (Å²) < 4.78 is 85.2. The fourth-order valence-corrected chi connectivity index (χ4v) is 12.3. The van der Waals surface area contributed by atoms with Crippen molar-refractivity contribution in [2.75, 3.05) is 116 Å². The zero-order valence-corrected chi connectivity index (χ0v) is 64.7. The van der Waals surface area contributed by atoms with E-state index in [0.717, 1.165) is 72.2 Å². The first-order valence-corrected chi connectivity index (χ1v) is 40.9. The third-order valence-corrected chi connectivity index (χ3v) is 18.1. The number of fused-ring (bicyclic) bond motifs is 4. The monoisotopic (exact) mass is 1560 g/mol. The molecule has 7 aromatic carbocycles. The molecule has 12 rings (SSSR count). The van der Waals surface area contributed by atoms with Crippen molar-refractivity contribution < 1.29 is 66.5 Å². The molecule has 10 aromatic rings. The molecule has 0 aliphatic heterocycles. The van der Waals surface area contributed by atoms with Crippen LogP contribution in [0.3, 0.4) is 0 Å². The average molecular weight is 1560 g/mol. The lowest BCUT2D eigenvalue weighted by Gasteiger charge is -2.23. The maximum Gasteiger partial charge on any atom is 0.264 e. The number of hydrogen-bond acceptors (Lipinski definition) is 24. The summed E-state index contributed by atoms with van der Waals surface area (Å²) in [6, 6.07) is 62.9. The van der Waals surface area contributed by atoms with Crippen LogP contribution in [0.1, 0.15) is 106 Å². The van der Waals surface area contributed by atoms with E-state index in [0.29, 0.717) is 90.3 Å². The van der Waals surface area contributed by atoms with E-state index >= 15 is 0 Å². The van der Waals surface area contributed by atoms with Crippen molar-refractivity contribution in [2.45, 2.75) is 38.8 Å². The summed E-state index contributed by atoms with van der Waals surface area (Å²) in [4.78, 5) is 58.5. The van der Waals surface area contributed by atoms with Crippen molar-refractivity contribution in [1.29, 1.82) is 0 Å². The van der Waals surface area contributed by atoms with E-state index in [9.17, 15) is 36.0 Å². The second-order valence-corrected chi connectivity index (χ2v) is 30.1. The first kappa shape index (κ1) is 83.1. The number of anilines is 7. The maximum atomic E-state index is 14.2. The number of nitrogens with one attached hydrogen (secondary N) is 4. The first-order valence-electron chi connectivity index (χ1n) is 35.4. The maximum absolute atomic E-state index is 14.2. The number of carbonyl (C=O) groups excluding carboxylic acids is 4. The van der Waals surface area contributed by atoms with Crippen LogP contribution in [0.4, 0.5) is 39.8 Å². The van der Waals surface area contributed by atoms with Gasteiger partial charge in [0.25, 0.3) is 20.2 Å². The Balaban J connectivity index is 0.000000216. The highest BCUT2D eigenvalue weighted by molar-refractivity contribution is 7.86. The lowest BCUT2D eigenvalue weighted by Crippen LogP contribution is -2.34. The fourth-order valence-electron chi connectivity index (χ4n) is 11.5. The predicted molar refractivity (Wildman–Crippen MR) is 434 cm³/mol. The molecule has 0 fully saturated rings. The Bertz CT molecular complexity index is 5000. The summed E-state index contributed by atoms with van der Waals surface area (Å²) in [5.41, 5.74) is 11.3. The second-order valence-electron chi connectivity index (χ2n) is 25.4. The van der Waals surface area contributed by atoms with Crippen molar-refractivity contribution in [1.82, 2.24) is 4.98 Å². The van der Waals surface area contributed by atoms with Gasteiger partial charge in [-0.15, -0.1) is 0 Å². The van der Waals surface area contributed by atoms with Gasteiger partial charge < -0.3 is 25.8 Å². The van der Waals surface area contributed by atoms with Crippen LogP contribution in [-0.2, 0) is 51.8 Å². The van der Waals surface area contributed by atoms with Gasteiger partial charge in [-0.3, -0.25) is 47.6 Å². The number of hydrazone groups is 3. The Morgan fingerprint density at radius 1 is 0.378 bits per heavy atom. The van der Waals surface area contributed by atoms with Gasteiger partial charge in [0.05, 0.1) is 93.8 Å². The molecule has 576 valence electrons. The molecule has 3 aromatic heterocycles. The third kappa shape index (κ3) is 25.8. The van der Waals surface area contributed by atoms with Gasteiger partial charge in [-0.05, 0) is 91.2 Å². The summed E-state index contributed by atoms with van der Waals surface area (Å²) in [7, 11) is -5.19. The number of hydrogen-bond donors (Lipinski definition) is 4. The lowest BCUT2D eigenvalue weighted by molar-refractivity contribution is -0.697. The molecule has 0 saturated heterocycles. The quantitative estimate of drug-likeness (QED) is 0.00783. The van der Waals surface area contributed by atoms with Gasteiger partial charge in [-0.2, -0.15) is 32.1 Å². The van der Waals surface area contributed by atoms with Crippen LogP contribution in [0.25, 0.3) is 0 Å². The highest BCUT2D eigenvalue weighted by Gasteiger charge is 2.35. The summed E-state index contributed by atoms with van der Waals surface area (Å²) in [5, 5.41) is 32.0. The van der Waals surface area contributed by atoms with E-state index in [1.807, 2.05) is 231 Å². The van der Waals surface area contributed by atoms with Crippen molar-refractivity contribution in [3.05, 3.63) is 299 Å². The number of benzene rings is 7. The molecule has 0 bridgehead atoms. The van der Waals surface area contributed by atoms with Crippen molar-refractivity contribution >= 4 is 112 Å². The Morgan fingerprint density at radius 3 is 0.928 bits per heavy atom. The largest absolute Gasteiger partial charge is 0.748 e. The van der Waals surface area contributed by atoms with Crippen LogP contribution in [0.15, 0.2) is 253 Å². The van der Waals surface area contributed by atoms with Crippen molar-refractivity contribution in [3.8, 4) is 0 Å². The standard InChI is InChI=1S/C46H45N8O2.C22H26N2O8S2.C13H13N3.CH4O3S/c1-51(37-13-5-3-6-14-37)49-33-35-21-29-53(30-22-35)27-11-25-47-41-19-9-17-39-43(41)46(56)44-40(45(39)55)18-10-20-42(44)48-26-12-28-54-31-23-36(24-32-54)34-50-52(2)38-15-7-4-8-16-38;1-33(27,28)31-13-5-11-23-17-9-3-7-15-19(17)22(26)20-16(21(15)25)8-4-10-18(20)24-12-6-14-32-34(2,29)30;1-16(13-5-3-2-4-6-13)15-11-12-7-9-14-10-8-12;1-5(2,3)4/h3-10,13-24,29-34H,11-12,25-28H2,1-2H3,(H-,47,48,56);3-4,7-10,23-24H,5-6,11-14H2,1-2H3;2-11H,1H3;1H3,(H,2,3,4)/q+1;;;/b;;15-11+;. The van der Waals surface area contributed by atoms with Gasteiger partial charge in [0.2, 0.25) is 0 Å². The van der Waals surface area contributed by atoms with Crippen molar-refractivity contribution in [2.24, 2.45) is 15.3 Å². The number of aromatic nitrogens is 3. The smallest absolute Gasteiger partial charge is 0.264 e. The number of nitrogens with zero attached hydrogens (tertiary/aromatic N) is 9. The lowest BCUT2D eigenvalue weighted by atomic mass is 9.82. The van der Waals surface area contributed by atoms with Crippen LogP contribution in [-0.4, -0.2) is 156 Å². The van der Waals surface area contributed by atoms with Crippen molar-refractivity contribution in [3.63, 3.8) is 0 Å². The minimum absolute atomic E-state index is 0.00627. The zero-order valence-electron chi connectivity index (χ0n) is 62.3. The van der Waals surface area contributed by atoms with Crippen LogP contribution in [0.2, 0.25) is 0 Å². The fraction of sp³-hybridized carbons (Fsp3) is 0.220. The zero-order chi connectivity index (χ0) is 79.3. The molecule has 4 N–H and O–H groups in total. The molecular formula is C82H88N13O13S3+. The minimum atomic E-state index is -3.92. The topological polar surface area (TPSA) is 328 Å². The van der Waals surface area contributed by atoms with Crippen LogP contribution >= 0.6 is 0 Å². The van der Waals surface area contributed by atoms with E-state index < -0.39 is 30.4 Å². The molecule has 0 radical (unpaired) electrons. The predicted octanol–water partition coefficient (Wildman–Crippen LogP) is 10.7. The molecular weight excluding hydrogens is 1470 g/mol. The van der Waals surface area contributed by atoms with Crippen LogP contribution in [0, 0.1) is 0 Å². The highest BCUT2D eigenvalue weighted by atomic mass is 32.2. The van der Waals surface area contributed by atoms with Gasteiger partial charge in [0, 0.05) is 159 Å². The van der Waals surface area contributed by atoms with E-state index in [1.165, 1.54) is 0 Å². The molecule has 0 atom stereocenters. The highest BCUT2D eigenvalue weighted by Crippen LogP contribution is 2.37. The van der Waals surface area contributed by atoms with Gasteiger partial charge in [-0.25, -0.2) is 17.6 Å². The molecule has 3 heterocycles. The Hall–Kier alpha value is -12.0. The summed E-state index contributed by atoms with van der Waals surface area (Å²) >= 11 is 0. The Labute approximate surface area is 647 Å². The molecule has 2 aliphatic rings. The Kier molecular flexibility index (Phi) is 30.3. The van der Waals surface area contributed by atoms with E-state index in [4.69, 9.17) is 21.3 Å². The molecule has 0 unspecified atom stereocenters. The molecule has 2 aliphatic carbocycles. The van der Waals surface area contributed by atoms with E-state index in [1.54, 1.807) is 60.9 Å². The molecule has 111 heavy (non-hydrogen) atoms. The van der Waals surface area contributed by atoms with Crippen LogP contribution < -0.4 is 45.4 Å². The number of rotatable bonds is 31. The molecule has 26 nitrogen and oxygen atoms in total. The van der Waals surface area contributed by atoms with Gasteiger partial charge >= 0.3 is 0 Å². The molecule has 0 spiro atoms. The summed E-state index contributed by atoms with van der Waals surface area (Å²) in [6.07, 6.45) is 22.1. The second kappa shape index (κ2) is 40.4. The van der Waals surface area contributed by atoms with E-state index in [-0.39, 0.29) is 58.6 Å².